The van der Waals surface area contributed by atoms with E-state index in [-0.39, 0.29) is 5.91 Å². The summed E-state index contributed by atoms with van der Waals surface area (Å²) in [5, 5.41) is 7.88. The number of nitrogens with zero attached hydrogens (tertiary/aromatic N) is 1. The summed E-state index contributed by atoms with van der Waals surface area (Å²) in [7, 11) is 0. The summed E-state index contributed by atoms with van der Waals surface area (Å²) in [6, 6.07) is 11.2. The lowest BCUT2D eigenvalue weighted by Crippen LogP contribution is -2.37. The molecule has 3 N–H and O–H groups in total. The Kier molecular flexibility index (Phi) is 4.18. The molecule has 0 saturated carbocycles. The molecule has 1 aromatic carbocycles. The quantitative estimate of drug-likeness (QED) is 0.778. The zero-order valence-electron chi connectivity index (χ0n) is 12.2. The van der Waals surface area contributed by atoms with Crippen molar-refractivity contribution in [3.8, 4) is 0 Å². The van der Waals surface area contributed by atoms with E-state index in [1.54, 1.807) is 11.3 Å². The van der Waals surface area contributed by atoms with Gasteiger partial charge in [0, 0.05) is 5.39 Å². The van der Waals surface area contributed by atoms with Crippen LogP contribution in [0.4, 0.5) is 5.69 Å². The first-order valence-electron chi connectivity index (χ1n) is 7.07. The smallest absolute Gasteiger partial charge is 0.241 e. The van der Waals surface area contributed by atoms with Gasteiger partial charge in [-0.1, -0.05) is 18.2 Å². The molecule has 0 aliphatic carbocycles. The molecule has 2 heterocycles. The molecule has 1 amide bonds. The van der Waals surface area contributed by atoms with Crippen molar-refractivity contribution < 1.29 is 4.79 Å². The monoisotopic (exact) mass is 311 g/mol. The van der Waals surface area contributed by atoms with Crippen LogP contribution in [0.3, 0.4) is 0 Å². The van der Waals surface area contributed by atoms with E-state index in [0.29, 0.717) is 12.1 Å². The van der Waals surface area contributed by atoms with Crippen LogP contribution in [0.15, 0.2) is 47.2 Å². The van der Waals surface area contributed by atoms with Gasteiger partial charge in [-0.3, -0.25) is 9.78 Å². The van der Waals surface area contributed by atoms with E-state index in [1.807, 2.05) is 54.1 Å². The Balaban J connectivity index is 1.77. The molecule has 1 unspecified atom stereocenters. The lowest BCUT2D eigenvalue weighted by Gasteiger charge is -2.13. The Hall–Kier alpha value is -2.24. The number of amides is 1. The minimum absolute atomic E-state index is 0.189. The molecule has 5 heteroatoms. The van der Waals surface area contributed by atoms with Gasteiger partial charge in [0.25, 0.3) is 0 Å². The number of aromatic nitrogens is 1. The first-order valence-corrected chi connectivity index (χ1v) is 8.01. The molecule has 3 aromatic rings. The van der Waals surface area contributed by atoms with Gasteiger partial charge < -0.3 is 11.1 Å². The average Bonchev–Trinajstić information content (AvgIpc) is 3.00. The Bertz CT molecular complexity index is 799. The zero-order chi connectivity index (χ0) is 15.5. The normalized spacial score (nSPS) is 12.3. The van der Waals surface area contributed by atoms with Crippen LogP contribution < -0.4 is 11.1 Å². The van der Waals surface area contributed by atoms with Gasteiger partial charge in [-0.05, 0) is 47.9 Å². The molecule has 0 spiro atoms. The average molecular weight is 311 g/mol. The fraction of sp³-hybridized carbons (Fsp3) is 0.176. The van der Waals surface area contributed by atoms with Crippen LogP contribution in [0.5, 0.6) is 0 Å². The number of nitrogens with two attached hydrogens (primary N) is 1. The molecule has 4 nitrogen and oxygen atoms in total. The highest BCUT2D eigenvalue weighted by molar-refractivity contribution is 7.07. The molecule has 1 atom stereocenters. The number of carbonyl (C=O) groups is 1. The van der Waals surface area contributed by atoms with E-state index in [0.717, 1.165) is 22.2 Å². The number of fused-ring (bicyclic) bond motifs is 1. The van der Waals surface area contributed by atoms with Crippen molar-refractivity contribution in [2.24, 2.45) is 5.73 Å². The molecule has 0 saturated heterocycles. The number of anilines is 1. The minimum Gasteiger partial charge on any atom is -0.323 e. The van der Waals surface area contributed by atoms with Crippen molar-refractivity contribution in [1.29, 1.82) is 0 Å². The number of rotatable bonds is 4. The summed E-state index contributed by atoms with van der Waals surface area (Å²) in [4.78, 5) is 16.8. The first kappa shape index (κ1) is 14.7. The van der Waals surface area contributed by atoms with Gasteiger partial charge in [0.05, 0.1) is 22.9 Å². The van der Waals surface area contributed by atoms with Crippen LogP contribution in [0.1, 0.15) is 11.3 Å². The lowest BCUT2D eigenvalue weighted by atomic mass is 10.1. The number of hydrogen-bond donors (Lipinski definition) is 2. The second-order valence-electron chi connectivity index (χ2n) is 5.25. The molecule has 22 heavy (non-hydrogen) atoms. The summed E-state index contributed by atoms with van der Waals surface area (Å²) in [5.41, 5.74) is 9.49. The van der Waals surface area contributed by atoms with Gasteiger partial charge >= 0.3 is 0 Å². The standard InChI is InChI=1S/C17H17N3OS/c1-11-16(9-13-4-2-3-5-15(13)19-11)20-17(21)14(18)8-12-6-7-22-10-12/h2-7,9-10,14H,8,18H2,1H3,(H,20,21). The van der Waals surface area contributed by atoms with Crippen molar-refractivity contribution in [2.45, 2.75) is 19.4 Å². The van der Waals surface area contributed by atoms with Crippen molar-refractivity contribution in [2.75, 3.05) is 5.32 Å². The first-order chi connectivity index (χ1) is 10.6. The number of hydrogen-bond acceptors (Lipinski definition) is 4. The predicted octanol–water partition coefficient (Wildman–Crippen LogP) is 3.11. The van der Waals surface area contributed by atoms with Crippen molar-refractivity contribution in [3.63, 3.8) is 0 Å². The summed E-state index contributed by atoms with van der Waals surface area (Å²) in [6.07, 6.45) is 0.537. The fourth-order valence-electron chi connectivity index (χ4n) is 2.32. The zero-order valence-corrected chi connectivity index (χ0v) is 13.1. The second kappa shape index (κ2) is 6.25. The molecule has 112 valence electrons. The van der Waals surface area contributed by atoms with Gasteiger partial charge in [0.1, 0.15) is 0 Å². The molecule has 2 aromatic heterocycles. The van der Waals surface area contributed by atoms with E-state index in [1.165, 1.54) is 0 Å². The van der Waals surface area contributed by atoms with Gasteiger partial charge in [0.15, 0.2) is 0 Å². The molecule has 0 radical (unpaired) electrons. The molecular weight excluding hydrogens is 294 g/mol. The Morgan fingerprint density at radius 1 is 1.36 bits per heavy atom. The summed E-state index contributed by atoms with van der Waals surface area (Å²) in [5.74, 6) is -0.189. The van der Waals surface area contributed by atoms with Gasteiger partial charge in [-0.15, -0.1) is 0 Å². The molecule has 0 aliphatic heterocycles. The van der Waals surface area contributed by atoms with E-state index >= 15 is 0 Å². The number of nitrogens with one attached hydrogen (secondary N) is 1. The molecule has 0 bridgehead atoms. The number of aryl methyl sites for hydroxylation is 1. The predicted molar refractivity (Wildman–Crippen MR) is 91.1 cm³/mol. The van der Waals surface area contributed by atoms with E-state index in [4.69, 9.17) is 5.73 Å². The second-order valence-corrected chi connectivity index (χ2v) is 6.03. The maximum Gasteiger partial charge on any atom is 0.241 e. The number of carbonyl (C=O) groups excluding carboxylic acids is 1. The van der Waals surface area contributed by atoms with Crippen LogP contribution in [-0.2, 0) is 11.2 Å². The maximum atomic E-state index is 12.3. The Labute approximate surface area is 133 Å². The molecular formula is C17H17N3OS. The molecule has 0 aliphatic rings. The number of para-hydroxylation sites is 1. The highest BCUT2D eigenvalue weighted by Gasteiger charge is 2.16. The SMILES string of the molecule is Cc1nc2ccccc2cc1NC(=O)C(N)Cc1ccsc1. The fourth-order valence-corrected chi connectivity index (χ4v) is 3.00. The van der Waals surface area contributed by atoms with Gasteiger partial charge in [-0.25, -0.2) is 0 Å². The van der Waals surface area contributed by atoms with Crippen LogP contribution in [-0.4, -0.2) is 16.9 Å². The highest BCUT2D eigenvalue weighted by Crippen LogP contribution is 2.20. The third-order valence-corrected chi connectivity index (χ3v) is 4.28. The van der Waals surface area contributed by atoms with E-state index in [9.17, 15) is 4.79 Å². The minimum atomic E-state index is -0.569. The summed E-state index contributed by atoms with van der Waals surface area (Å²) in [6.45, 7) is 1.88. The topological polar surface area (TPSA) is 68.0 Å². The lowest BCUT2D eigenvalue weighted by molar-refractivity contribution is -0.117. The number of pyridine rings is 1. The molecule has 0 fully saturated rings. The van der Waals surface area contributed by atoms with Gasteiger partial charge in [-0.2, -0.15) is 11.3 Å². The highest BCUT2D eigenvalue weighted by atomic mass is 32.1. The maximum absolute atomic E-state index is 12.3. The van der Waals surface area contributed by atoms with Crippen molar-refractivity contribution >= 4 is 33.8 Å². The van der Waals surface area contributed by atoms with E-state index < -0.39 is 6.04 Å². The Morgan fingerprint density at radius 2 is 2.18 bits per heavy atom. The van der Waals surface area contributed by atoms with E-state index in [2.05, 4.69) is 10.3 Å². The van der Waals surface area contributed by atoms with Gasteiger partial charge in [0.2, 0.25) is 5.91 Å². The third kappa shape index (κ3) is 3.16. The van der Waals surface area contributed by atoms with Crippen LogP contribution in [0.2, 0.25) is 0 Å². The van der Waals surface area contributed by atoms with Crippen LogP contribution in [0.25, 0.3) is 10.9 Å². The number of thiophene rings is 1. The largest absolute Gasteiger partial charge is 0.323 e. The summed E-state index contributed by atoms with van der Waals surface area (Å²) < 4.78 is 0. The third-order valence-electron chi connectivity index (χ3n) is 3.54. The van der Waals surface area contributed by atoms with Crippen molar-refractivity contribution in [1.82, 2.24) is 4.98 Å². The van der Waals surface area contributed by atoms with Crippen molar-refractivity contribution in [3.05, 3.63) is 58.4 Å². The number of benzene rings is 1. The summed E-state index contributed by atoms with van der Waals surface area (Å²) >= 11 is 1.60. The Morgan fingerprint density at radius 3 is 2.95 bits per heavy atom. The van der Waals surface area contributed by atoms with Crippen LogP contribution >= 0.6 is 11.3 Å². The van der Waals surface area contributed by atoms with Crippen LogP contribution in [0, 0.1) is 6.92 Å². The molecule has 3 rings (SSSR count).